The summed E-state index contributed by atoms with van der Waals surface area (Å²) in [5.41, 5.74) is 1.27. The molecule has 1 aliphatic rings. The number of aromatic nitrogens is 2. The number of nitrogens with one attached hydrogen (secondary N) is 1. The monoisotopic (exact) mass is 183 g/mol. The van der Waals surface area contributed by atoms with E-state index in [9.17, 15) is 0 Å². The van der Waals surface area contributed by atoms with Gasteiger partial charge < -0.3 is 0 Å². The van der Waals surface area contributed by atoms with Gasteiger partial charge >= 0.3 is 0 Å². The van der Waals surface area contributed by atoms with Gasteiger partial charge in [0.15, 0.2) is 0 Å². The molecule has 0 aromatic carbocycles. The Morgan fingerprint density at radius 1 is 1.75 bits per heavy atom. The second-order valence-corrected chi connectivity index (χ2v) is 4.66. The van der Waals surface area contributed by atoms with Crippen molar-refractivity contribution in [3.8, 4) is 0 Å². The Balaban J connectivity index is 2.16. The van der Waals surface area contributed by atoms with Gasteiger partial charge in [0.05, 0.1) is 11.1 Å². The highest BCUT2D eigenvalue weighted by Gasteiger charge is 2.24. The van der Waals surface area contributed by atoms with E-state index in [1.807, 2.05) is 29.7 Å². The molecule has 66 valence electrons. The van der Waals surface area contributed by atoms with Crippen LogP contribution in [0.3, 0.4) is 0 Å². The average molecular weight is 183 g/mol. The normalized spacial score (nSPS) is 29.5. The summed E-state index contributed by atoms with van der Waals surface area (Å²) in [5, 5.41) is 8.75. The highest BCUT2D eigenvalue weighted by molar-refractivity contribution is 8.00. The fourth-order valence-corrected chi connectivity index (χ4v) is 2.64. The van der Waals surface area contributed by atoms with Crippen LogP contribution in [0, 0.1) is 0 Å². The average Bonchev–Trinajstić information content (AvgIpc) is 2.58. The molecule has 0 aliphatic carbocycles. The molecule has 2 atom stereocenters. The molecule has 0 amide bonds. The van der Waals surface area contributed by atoms with Crippen LogP contribution in [-0.2, 0) is 7.05 Å². The van der Waals surface area contributed by atoms with Gasteiger partial charge in [-0.2, -0.15) is 5.10 Å². The minimum Gasteiger partial charge on any atom is -0.299 e. The van der Waals surface area contributed by atoms with Crippen molar-refractivity contribution in [2.24, 2.45) is 7.05 Å². The molecule has 4 heteroatoms. The third kappa shape index (κ3) is 1.36. The van der Waals surface area contributed by atoms with E-state index in [0.29, 0.717) is 10.6 Å². The summed E-state index contributed by atoms with van der Waals surface area (Å²) >= 11 is 1.97. The molecule has 1 aromatic rings. The van der Waals surface area contributed by atoms with Gasteiger partial charge in [-0.05, 0) is 6.07 Å². The lowest BCUT2D eigenvalue weighted by atomic mass is 10.4. The molecule has 12 heavy (non-hydrogen) atoms. The van der Waals surface area contributed by atoms with Gasteiger partial charge in [0, 0.05) is 25.0 Å². The topological polar surface area (TPSA) is 29.9 Å². The summed E-state index contributed by atoms with van der Waals surface area (Å²) in [6, 6.07) is 2.07. The summed E-state index contributed by atoms with van der Waals surface area (Å²) in [7, 11) is 1.99. The van der Waals surface area contributed by atoms with Crippen molar-refractivity contribution >= 4 is 11.8 Å². The van der Waals surface area contributed by atoms with Crippen molar-refractivity contribution in [1.82, 2.24) is 15.1 Å². The zero-order valence-corrected chi connectivity index (χ0v) is 8.14. The van der Waals surface area contributed by atoms with Crippen LogP contribution in [0.15, 0.2) is 12.3 Å². The smallest absolute Gasteiger partial charge is 0.0962 e. The van der Waals surface area contributed by atoms with Crippen LogP contribution in [-0.4, -0.2) is 21.6 Å². The lowest BCUT2D eigenvalue weighted by Crippen LogP contribution is -2.16. The molecule has 1 saturated heterocycles. The summed E-state index contributed by atoms with van der Waals surface area (Å²) < 4.78 is 1.93. The van der Waals surface area contributed by atoms with Gasteiger partial charge in [0.1, 0.15) is 0 Å². The predicted octanol–water partition coefficient (Wildman–Crippen LogP) is 1.14. The van der Waals surface area contributed by atoms with Gasteiger partial charge in [0.2, 0.25) is 0 Å². The SMILES string of the molecule is CC1CNC(c2ccnn2C)S1. The molecular formula is C8H13N3S. The highest BCUT2D eigenvalue weighted by atomic mass is 32.2. The van der Waals surface area contributed by atoms with Crippen molar-refractivity contribution in [3.05, 3.63) is 18.0 Å². The first-order valence-electron chi connectivity index (χ1n) is 4.14. The molecule has 3 nitrogen and oxygen atoms in total. The molecule has 1 aliphatic heterocycles. The van der Waals surface area contributed by atoms with Gasteiger partial charge in [-0.3, -0.25) is 10.00 Å². The maximum atomic E-state index is 4.15. The molecule has 1 aromatic heterocycles. The summed E-state index contributed by atoms with van der Waals surface area (Å²) in [6.07, 6.45) is 1.85. The van der Waals surface area contributed by atoms with E-state index in [1.54, 1.807) is 0 Å². The molecule has 2 unspecified atom stereocenters. The van der Waals surface area contributed by atoms with E-state index in [4.69, 9.17) is 0 Å². The molecule has 0 saturated carbocycles. The third-order valence-corrected chi connectivity index (χ3v) is 3.40. The van der Waals surface area contributed by atoms with Gasteiger partial charge in [0.25, 0.3) is 0 Å². The van der Waals surface area contributed by atoms with Crippen molar-refractivity contribution in [3.63, 3.8) is 0 Å². The van der Waals surface area contributed by atoms with E-state index in [1.165, 1.54) is 5.69 Å². The highest BCUT2D eigenvalue weighted by Crippen LogP contribution is 2.33. The Kier molecular flexibility index (Phi) is 2.11. The fourth-order valence-electron chi connectivity index (χ4n) is 1.42. The summed E-state index contributed by atoms with van der Waals surface area (Å²) in [5.74, 6) is 0. The first kappa shape index (κ1) is 8.13. The second-order valence-electron chi connectivity index (χ2n) is 3.11. The Hall–Kier alpha value is -0.480. The van der Waals surface area contributed by atoms with Crippen LogP contribution in [0.5, 0.6) is 0 Å². The summed E-state index contributed by atoms with van der Waals surface area (Å²) in [4.78, 5) is 0. The first-order chi connectivity index (χ1) is 5.77. The van der Waals surface area contributed by atoms with Crippen molar-refractivity contribution in [2.75, 3.05) is 6.54 Å². The molecule has 2 rings (SSSR count). The van der Waals surface area contributed by atoms with Crippen LogP contribution in [0.25, 0.3) is 0 Å². The van der Waals surface area contributed by atoms with Gasteiger partial charge in [-0.15, -0.1) is 11.8 Å². The van der Waals surface area contributed by atoms with Gasteiger partial charge in [-0.1, -0.05) is 6.92 Å². The van der Waals surface area contributed by atoms with E-state index >= 15 is 0 Å². The molecule has 1 fully saturated rings. The third-order valence-electron chi connectivity index (χ3n) is 2.09. The minimum absolute atomic E-state index is 0.438. The minimum atomic E-state index is 0.438. The Morgan fingerprint density at radius 3 is 3.08 bits per heavy atom. The van der Waals surface area contributed by atoms with Gasteiger partial charge in [-0.25, -0.2) is 0 Å². The Morgan fingerprint density at radius 2 is 2.58 bits per heavy atom. The first-order valence-corrected chi connectivity index (χ1v) is 5.08. The molecular weight excluding hydrogens is 170 g/mol. The zero-order valence-electron chi connectivity index (χ0n) is 7.32. The van der Waals surface area contributed by atoms with E-state index in [0.717, 1.165) is 6.54 Å². The number of aryl methyl sites for hydroxylation is 1. The van der Waals surface area contributed by atoms with E-state index < -0.39 is 0 Å². The molecule has 0 spiro atoms. The van der Waals surface area contributed by atoms with Crippen LogP contribution < -0.4 is 5.32 Å². The second kappa shape index (κ2) is 3.11. The maximum absolute atomic E-state index is 4.15. The number of hydrogen-bond donors (Lipinski definition) is 1. The summed E-state index contributed by atoms with van der Waals surface area (Å²) in [6.45, 7) is 3.34. The standard InChI is InChI=1S/C8H13N3S/c1-6-5-9-8(12-6)7-3-4-10-11(7)2/h3-4,6,8-9H,5H2,1-2H3. The zero-order chi connectivity index (χ0) is 8.55. The lowest BCUT2D eigenvalue weighted by Gasteiger charge is -2.09. The number of hydrogen-bond acceptors (Lipinski definition) is 3. The maximum Gasteiger partial charge on any atom is 0.0962 e. The molecule has 2 heterocycles. The quantitative estimate of drug-likeness (QED) is 0.708. The number of thioether (sulfide) groups is 1. The molecule has 0 bridgehead atoms. The predicted molar refractivity (Wildman–Crippen MR) is 51.0 cm³/mol. The van der Waals surface area contributed by atoms with E-state index in [-0.39, 0.29) is 0 Å². The Labute approximate surface area is 76.5 Å². The molecule has 0 radical (unpaired) electrons. The lowest BCUT2D eigenvalue weighted by molar-refractivity contribution is 0.641. The van der Waals surface area contributed by atoms with Crippen molar-refractivity contribution in [1.29, 1.82) is 0 Å². The largest absolute Gasteiger partial charge is 0.299 e. The molecule has 1 N–H and O–H groups in total. The van der Waals surface area contributed by atoms with Crippen LogP contribution in [0.4, 0.5) is 0 Å². The van der Waals surface area contributed by atoms with Crippen LogP contribution >= 0.6 is 11.8 Å². The van der Waals surface area contributed by atoms with Crippen molar-refractivity contribution < 1.29 is 0 Å². The van der Waals surface area contributed by atoms with E-state index in [2.05, 4.69) is 23.4 Å². The van der Waals surface area contributed by atoms with Crippen LogP contribution in [0.1, 0.15) is 18.0 Å². The van der Waals surface area contributed by atoms with Crippen molar-refractivity contribution in [2.45, 2.75) is 17.5 Å². The number of rotatable bonds is 1. The Bertz CT molecular complexity index is 271. The fraction of sp³-hybridized carbons (Fsp3) is 0.625. The van der Waals surface area contributed by atoms with Crippen LogP contribution in [0.2, 0.25) is 0 Å². The number of nitrogens with zero attached hydrogens (tertiary/aromatic N) is 2.